The third kappa shape index (κ3) is 7.30. The van der Waals surface area contributed by atoms with Gasteiger partial charge >= 0.3 is 5.97 Å². The number of cyclic esters (lactones) is 1. The van der Waals surface area contributed by atoms with Crippen LogP contribution in [0.25, 0.3) is 11.1 Å². The second-order valence-corrected chi connectivity index (χ2v) is 8.47. The maximum Gasteiger partial charge on any atom is 0.312 e. The molecule has 0 saturated carbocycles. The zero-order valence-corrected chi connectivity index (χ0v) is 19.0. The maximum absolute atomic E-state index is 12.2. The molecule has 2 aromatic carbocycles. The Balaban J connectivity index is 1.62. The third-order valence-electron chi connectivity index (χ3n) is 5.82. The van der Waals surface area contributed by atoms with E-state index in [0.717, 1.165) is 41.9 Å². The van der Waals surface area contributed by atoms with E-state index in [1.54, 1.807) is 0 Å². The van der Waals surface area contributed by atoms with Gasteiger partial charge in [0.1, 0.15) is 18.1 Å². The number of esters is 1. The highest BCUT2D eigenvalue weighted by molar-refractivity contribution is 5.74. The number of hydrogen-bond donors (Lipinski definition) is 0. The Hall–Kier alpha value is -2.49. The predicted octanol–water partition coefficient (Wildman–Crippen LogP) is 6.81. The summed E-state index contributed by atoms with van der Waals surface area (Å²) < 4.78 is 17.6. The van der Waals surface area contributed by atoms with Gasteiger partial charge in [-0.25, -0.2) is 0 Å². The van der Waals surface area contributed by atoms with E-state index in [2.05, 4.69) is 19.1 Å². The molecule has 4 heteroatoms. The first kappa shape index (κ1) is 23.2. The van der Waals surface area contributed by atoms with E-state index < -0.39 is 0 Å². The van der Waals surface area contributed by atoms with Gasteiger partial charge in [-0.3, -0.25) is 4.79 Å². The van der Waals surface area contributed by atoms with Crippen LogP contribution in [0.15, 0.2) is 48.5 Å². The summed E-state index contributed by atoms with van der Waals surface area (Å²) in [5.41, 5.74) is 2.09. The molecular weight excluding hydrogens is 388 g/mol. The molecule has 1 aliphatic rings. The molecule has 0 aliphatic carbocycles. The molecule has 1 saturated heterocycles. The van der Waals surface area contributed by atoms with Gasteiger partial charge in [0.15, 0.2) is 0 Å². The van der Waals surface area contributed by atoms with E-state index in [9.17, 15) is 4.79 Å². The molecule has 0 aromatic heterocycles. The van der Waals surface area contributed by atoms with Gasteiger partial charge in [0.2, 0.25) is 0 Å². The van der Waals surface area contributed by atoms with Crippen LogP contribution in [0.1, 0.15) is 65.2 Å². The van der Waals surface area contributed by atoms with Crippen LogP contribution >= 0.6 is 0 Å². The van der Waals surface area contributed by atoms with Gasteiger partial charge in [-0.1, -0.05) is 69.4 Å². The van der Waals surface area contributed by atoms with Gasteiger partial charge in [-0.2, -0.15) is 0 Å². The SMILES string of the molecule is CCCCCCCCOc1ccc(-c2ccccc2)c(OC[C@@H]2CC[C@@H](C)OC2=O)c1. The highest BCUT2D eigenvalue weighted by atomic mass is 16.5. The van der Waals surface area contributed by atoms with Gasteiger partial charge in [-0.05, 0) is 43.9 Å². The Labute approximate surface area is 186 Å². The minimum Gasteiger partial charge on any atom is -0.493 e. The standard InChI is InChI=1S/C27H36O4/c1-3-4-5-6-7-11-18-29-24-16-17-25(22-12-9-8-10-13-22)26(19-24)30-20-23-15-14-21(2)31-27(23)28/h8-10,12-13,16-17,19,21,23H,3-7,11,14-15,18,20H2,1-2H3/t21-,23+/m1/s1. The molecule has 31 heavy (non-hydrogen) atoms. The predicted molar refractivity (Wildman–Crippen MR) is 125 cm³/mol. The molecule has 0 amide bonds. The summed E-state index contributed by atoms with van der Waals surface area (Å²) in [5, 5.41) is 0. The molecule has 3 rings (SSSR count). The van der Waals surface area contributed by atoms with Crippen molar-refractivity contribution in [3.8, 4) is 22.6 Å². The molecule has 1 fully saturated rings. The smallest absolute Gasteiger partial charge is 0.312 e. The van der Waals surface area contributed by atoms with Crippen molar-refractivity contribution >= 4 is 5.97 Å². The molecule has 0 unspecified atom stereocenters. The molecule has 2 aromatic rings. The van der Waals surface area contributed by atoms with Gasteiger partial charge in [0.05, 0.1) is 18.6 Å². The van der Waals surface area contributed by atoms with Crippen LogP contribution in [0, 0.1) is 5.92 Å². The van der Waals surface area contributed by atoms with Crippen LogP contribution < -0.4 is 9.47 Å². The van der Waals surface area contributed by atoms with Crippen molar-refractivity contribution in [1.82, 2.24) is 0 Å². The lowest BCUT2D eigenvalue weighted by Crippen LogP contribution is -2.32. The molecular formula is C27H36O4. The van der Waals surface area contributed by atoms with Gasteiger partial charge in [0.25, 0.3) is 0 Å². The van der Waals surface area contributed by atoms with E-state index in [-0.39, 0.29) is 18.0 Å². The zero-order chi connectivity index (χ0) is 21.9. The fourth-order valence-electron chi connectivity index (χ4n) is 3.89. The first-order valence-electron chi connectivity index (χ1n) is 11.8. The minimum atomic E-state index is -0.215. The summed E-state index contributed by atoms with van der Waals surface area (Å²) in [4.78, 5) is 12.2. The number of ether oxygens (including phenoxy) is 3. The number of rotatable bonds is 12. The molecule has 168 valence electrons. The van der Waals surface area contributed by atoms with Crippen molar-refractivity contribution in [2.45, 2.75) is 71.3 Å². The molecule has 0 spiro atoms. The van der Waals surface area contributed by atoms with E-state index in [4.69, 9.17) is 14.2 Å². The number of hydrogen-bond acceptors (Lipinski definition) is 4. The monoisotopic (exact) mass is 424 g/mol. The van der Waals surface area contributed by atoms with Crippen molar-refractivity contribution in [2.75, 3.05) is 13.2 Å². The van der Waals surface area contributed by atoms with Crippen LogP contribution in [0.3, 0.4) is 0 Å². The Morgan fingerprint density at radius 2 is 1.71 bits per heavy atom. The first-order chi connectivity index (χ1) is 15.2. The van der Waals surface area contributed by atoms with Crippen LogP contribution in [-0.4, -0.2) is 25.3 Å². The minimum absolute atomic E-state index is 0.00216. The van der Waals surface area contributed by atoms with E-state index >= 15 is 0 Å². The number of carbonyl (C=O) groups is 1. The fraction of sp³-hybridized carbons (Fsp3) is 0.519. The second-order valence-electron chi connectivity index (χ2n) is 8.47. The van der Waals surface area contributed by atoms with Crippen LogP contribution in [0.2, 0.25) is 0 Å². The highest BCUT2D eigenvalue weighted by Crippen LogP contribution is 2.34. The Morgan fingerprint density at radius 3 is 2.48 bits per heavy atom. The Kier molecular flexibility index (Phi) is 9.26. The molecule has 1 heterocycles. The Bertz CT molecular complexity index is 802. The van der Waals surface area contributed by atoms with Crippen molar-refractivity contribution in [1.29, 1.82) is 0 Å². The lowest BCUT2D eigenvalue weighted by atomic mass is 9.99. The average Bonchev–Trinajstić information content (AvgIpc) is 2.78. The lowest BCUT2D eigenvalue weighted by molar-refractivity contribution is -0.160. The first-order valence-corrected chi connectivity index (χ1v) is 11.8. The van der Waals surface area contributed by atoms with Crippen molar-refractivity contribution in [2.24, 2.45) is 5.92 Å². The van der Waals surface area contributed by atoms with E-state index in [1.807, 2.05) is 43.3 Å². The molecule has 0 N–H and O–H groups in total. The van der Waals surface area contributed by atoms with Crippen LogP contribution in [0.5, 0.6) is 11.5 Å². The third-order valence-corrected chi connectivity index (χ3v) is 5.82. The number of carbonyl (C=O) groups excluding carboxylic acids is 1. The highest BCUT2D eigenvalue weighted by Gasteiger charge is 2.28. The van der Waals surface area contributed by atoms with Gasteiger partial charge < -0.3 is 14.2 Å². The largest absolute Gasteiger partial charge is 0.493 e. The number of unbranched alkanes of at least 4 members (excludes halogenated alkanes) is 5. The van der Waals surface area contributed by atoms with Crippen molar-refractivity contribution in [3.05, 3.63) is 48.5 Å². The maximum atomic E-state index is 12.2. The van der Waals surface area contributed by atoms with Gasteiger partial charge in [0, 0.05) is 11.6 Å². The van der Waals surface area contributed by atoms with Crippen LogP contribution in [0.4, 0.5) is 0 Å². The van der Waals surface area contributed by atoms with E-state index in [1.165, 1.54) is 32.1 Å². The summed E-state index contributed by atoms with van der Waals surface area (Å²) in [6.07, 6.45) is 9.11. The van der Waals surface area contributed by atoms with E-state index in [0.29, 0.717) is 13.2 Å². The number of benzene rings is 2. The molecule has 1 aliphatic heterocycles. The summed E-state index contributed by atoms with van der Waals surface area (Å²) in [7, 11) is 0. The molecule has 0 radical (unpaired) electrons. The quantitative estimate of drug-likeness (QED) is 0.277. The van der Waals surface area contributed by atoms with Crippen LogP contribution in [-0.2, 0) is 9.53 Å². The molecule has 4 nitrogen and oxygen atoms in total. The molecule has 0 bridgehead atoms. The van der Waals surface area contributed by atoms with Crippen molar-refractivity contribution < 1.29 is 19.0 Å². The summed E-state index contributed by atoms with van der Waals surface area (Å²) in [5.74, 6) is 1.18. The molecule has 2 atom stereocenters. The topological polar surface area (TPSA) is 44.8 Å². The zero-order valence-electron chi connectivity index (χ0n) is 19.0. The lowest BCUT2D eigenvalue weighted by Gasteiger charge is -2.26. The van der Waals surface area contributed by atoms with Crippen molar-refractivity contribution in [3.63, 3.8) is 0 Å². The Morgan fingerprint density at radius 1 is 0.935 bits per heavy atom. The summed E-state index contributed by atoms with van der Waals surface area (Å²) in [6, 6.07) is 16.2. The average molecular weight is 425 g/mol. The van der Waals surface area contributed by atoms with Gasteiger partial charge in [-0.15, -0.1) is 0 Å². The fourth-order valence-corrected chi connectivity index (χ4v) is 3.89. The second kappa shape index (κ2) is 12.4. The normalized spacial score (nSPS) is 18.5. The summed E-state index contributed by atoms with van der Waals surface area (Å²) >= 11 is 0. The summed E-state index contributed by atoms with van der Waals surface area (Å²) in [6.45, 7) is 5.21.